The Bertz CT molecular complexity index is 905. The number of nitrogens with one attached hydrogen (secondary N) is 1. The van der Waals surface area contributed by atoms with Gasteiger partial charge in [0.1, 0.15) is 11.3 Å². The van der Waals surface area contributed by atoms with Crippen molar-refractivity contribution in [1.82, 2.24) is 20.1 Å². The van der Waals surface area contributed by atoms with Crippen molar-refractivity contribution in [3.05, 3.63) is 24.2 Å². The van der Waals surface area contributed by atoms with E-state index < -0.39 is 5.54 Å². The van der Waals surface area contributed by atoms with Gasteiger partial charge in [0.05, 0.1) is 24.6 Å². The monoisotopic (exact) mass is 442 g/mol. The first kappa shape index (κ1) is 21.8. The number of aromatic nitrogens is 3. The van der Waals surface area contributed by atoms with Crippen LogP contribution in [0.15, 0.2) is 28.0 Å². The van der Waals surface area contributed by atoms with Crippen LogP contribution in [0.1, 0.15) is 57.6 Å². The average molecular weight is 443 g/mol. The lowest BCUT2D eigenvalue weighted by molar-refractivity contribution is -0.120. The number of nitrogens with zero attached hydrogens (tertiary/aromatic N) is 5. The Kier molecular flexibility index (Phi) is 6.86. The molecule has 2 aliphatic rings. The van der Waals surface area contributed by atoms with Crippen molar-refractivity contribution in [2.45, 2.75) is 69.1 Å². The van der Waals surface area contributed by atoms with Crippen molar-refractivity contribution in [2.24, 2.45) is 5.92 Å². The molecule has 1 saturated carbocycles. The smallest absolute Gasteiger partial charge is 0.231 e. The van der Waals surface area contributed by atoms with Crippen molar-refractivity contribution in [2.75, 3.05) is 23.7 Å². The van der Waals surface area contributed by atoms with Gasteiger partial charge in [-0.2, -0.15) is 5.26 Å². The van der Waals surface area contributed by atoms with Crippen LogP contribution in [0.2, 0.25) is 0 Å². The van der Waals surface area contributed by atoms with Crippen molar-refractivity contribution in [3.63, 3.8) is 0 Å². The first-order valence-corrected chi connectivity index (χ1v) is 12.1. The minimum absolute atomic E-state index is 0.130. The fourth-order valence-corrected chi connectivity index (χ4v) is 5.11. The van der Waals surface area contributed by atoms with Crippen molar-refractivity contribution < 1.29 is 9.21 Å². The maximum Gasteiger partial charge on any atom is 0.231 e. The van der Waals surface area contributed by atoms with Crippen LogP contribution >= 0.6 is 11.8 Å². The molecule has 1 aliphatic heterocycles. The van der Waals surface area contributed by atoms with E-state index in [-0.39, 0.29) is 11.7 Å². The summed E-state index contributed by atoms with van der Waals surface area (Å²) in [7, 11) is 0. The van der Waals surface area contributed by atoms with Gasteiger partial charge in [-0.25, -0.2) is 0 Å². The van der Waals surface area contributed by atoms with E-state index in [0.717, 1.165) is 75.7 Å². The highest BCUT2D eigenvalue weighted by molar-refractivity contribution is 7.99. The molecule has 4 rings (SSSR count). The van der Waals surface area contributed by atoms with Crippen molar-refractivity contribution >= 4 is 23.6 Å². The molecule has 1 amide bonds. The second-order valence-electron chi connectivity index (χ2n) is 8.71. The molecule has 0 unspecified atom stereocenters. The van der Waals surface area contributed by atoms with E-state index in [1.807, 2.05) is 16.7 Å². The third-order valence-corrected chi connectivity index (χ3v) is 7.26. The average Bonchev–Trinajstić information content (AvgIpc) is 3.44. The van der Waals surface area contributed by atoms with Crippen LogP contribution in [0.5, 0.6) is 0 Å². The third-order valence-electron chi connectivity index (χ3n) is 6.29. The zero-order valence-corrected chi connectivity index (χ0v) is 18.9. The summed E-state index contributed by atoms with van der Waals surface area (Å²) >= 11 is 1.36. The van der Waals surface area contributed by atoms with Crippen LogP contribution in [-0.2, 0) is 11.3 Å². The number of anilines is 1. The van der Waals surface area contributed by atoms with Gasteiger partial charge in [0.2, 0.25) is 11.9 Å². The lowest BCUT2D eigenvalue weighted by Crippen LogP contribution is -2.49. The van der Waals surface area contributed by atoms with E-state index in [0.29, 0.717) is 11.7 Å². The Morgan fingerprint density at radius 2 is 2.10 bits per heavy atom. The Labute approximate surface area is 187 Å². The predicted molar refractivity (Wildman–Crippen MR) is 119 cm³/mol. The predicted octanol–water partition coefficient (Wildman–Crippen LogP) is 3.59. The van der Waals surface area contributed by atoms with Gasteiger partial charge >= 0.3 is 0 Å². The Hall–Kier alpha value is -2.47. The van der Waals surface area contributed by atoms with Crippen molar-refractivity contribution in [1.29, 1.82) is 5.26 Å². The molecule has 0 bridgehead atoms. The van der Waals surface area contributed by atoms with Crippen LogP contribution in [0.25, 0.3) is 0 Å². The zero-order valence-electron chi connectivity index (χ0n) is 18.0. The SMILES string of the molecule is CC1CCN(c2nnc(SCC(=O)NC3(C#N)CCCCC3)n2Cc2ccco2)CC1. The maximum atomic E-state index is 12.7. The number of carbonyl (C=O) groups is 1. The molecule has 31 heavy (non-hydrogen) atoms. The van der Waals surface area contributed by atoms with Gasteiger partial charge in [-0.15, -0.1) is 10.2 Å². The van der Waals surface area contributed by atoms with E-state index in [4.69, 9.17) is 4.42 Å². The number of furan rings is 1. The summed E-state index contributed by atoms with van der Waals surface area (Å²) in [5, 5.41) is 22.1. The van der Waals surface area contributed by atoms with Gasteiger partial charge in [0, 0.05) is 13.1 Å². The summed E-state index contributed by atoms with van der Waals surface area (Å²) in [6.07, 6.45) is 8.48. The number of hydrogen-bond donors (Lipinski definition) is 1. The molecule has 2 fully saturated rings. The molecule has 0 spiro atoms. The molecule has 3 heterocycles. The minimum Gasteiger partial charge on any atom is -0.467 e. The highest BCUT2D eigenvalue weighted by atomic mass is 32.2. The van der Waals surface area contributed by atoms with E-state index in [1.165, 1.54) is 11.8 Å². The Morgan fingerprint density at radius 3 is 2.77 bits per heavy atom. The topological polar surface area (TPSA) is 100.0 Å². The molecule has 1 saturated heterocycles. The fraction of sp³-hybridized carbons (Fsp3) is 0.636. The van der Waals surface area contributed by atoms with E-state index in [1.54, 1.807) is 6.26 Å². The van der Waals surface area contributed by atoms with Gasteiger partial charge < -0.3 is 14.6 Å². The normalized spacial score (nSPS) is 19.2. The molecule has 8 nitrogen and oxygen atoms in total. The number of piperidine rings is 1. The van der Waals surface area contributed by atoms with Gasteiger partial charge in [-0.3, -0.25) is 9.36 Å². The number of amides is 1. The second-order valence-corrected chi connectivity index (χ2v) is 9.65. The summed E-state index contributed by atoms with van der Waals surface area (Å²) in [5.74, 6) is 2.45. The number of carbonyl (C=O) groups excluding carboxylic acids is 1. The summed E-state index contributed by atoms with van der Waals surface area (Å²) in [4.78, 5) is 14.9. The van der Waals surface area contributed by atoms with Crippen LogP contribution in [0, 0.1) is 17.2 Å². The lowest BCUT2D eigenvalue weighted by atomic mass is 9.83. The van der Waals surface area contributed by atoms with Crippen molar-refractivity contribution in [3.8, 4) is 6.07 Å². The van der Waals surface area contributed by atoms with Crippen LogP contribution in [0.4, 0.5) is 5.95 Å². The summed E-state index contributed by atoms with van der Waals surface area (Å²) < 4.78 is 7.59. The summed E-state index contributed by atoms with van der Waals surface area (Å²) in [5.41, 5.74) is -0.715. The third kappa shape index (κ3) is 5.24. The number of nitriles is 1. The fourth-order valence-electron chi connectivity index (χ4n) is 4.38. The molecule has 0 aromatic carbocycles. The Balaban J connectivity index is 1.45. The molecule has 0 atom stereocenters. The lowest BCUT2D eigenvalue weighted by Gasteiger charge is -2.31. The Morgan fingerprint density at radius 1 is 1.32 bits per heavy atom. The maximum absolute atomic E-state index is 12.7. The molecular weight excluding hydrogens is 412 g/mol. The largest absolute Gasteiger partial charge is 0.467 e. The van der Waals surface area contributed by atoms with Gasteiger partial charge in [-0.05, 0) is 43.7 Å². The number of rotatable bonds is 7. The highest BCUT2D eigenvalue weighted by Gasteiger charge is 2.33. The number of thioether (sulfide) groups is 1. The first-order valence-electron chi connectivity index (χ1n) is 11.1. The van der Waals surface area contributed by atoms with Gasteiger partial charge in [0.15, 0.2) is 5.16 Å². The molecule has 2 aromatic rings. The zero-order chi connectivity index (χ0) is 21.7. The van der Waals surface area contributed by atoms with Crippen LogP contribution < -0.4 is 10.2 Å². The highest BCUT2D eigenvalue weighted by Crippen LogP contribution is 2.29. The van der Waals surface area contributed by atoms with E-state index in [2.05, 4.69) is 33.4 Å². The molecular formula is C22H30N6O2S. The molecule has 166 valence electrons. The van der Waals surface area contributed by atoms with E-state index >= 15 is 0 Å². The van der Waals surface area contributed by atoms with Gasteiger partial charge in [0.25, 0.3) is 0 Å². The minimum atomic E-state index is -0.715. The van der Waals surface area contributed by atoms with Crippen LogP contribution in [-0.4, -0.2) is 45.1 Å². The van der Waals surface area contributed by atoms with Crippen LogP contribution in [0.3, 0.4) is 0 Å². The molecule has 0 radical (unpaired) electrons. The molecule has 2 aromatic heterocycles. The number of hydrogen-bond acceptors (Lipinski definition) is 7. The quantitative estimate of drug-likeness (QED) is 0.654. The van der Waals surface area contributed by atoms with E-state index in [9.17, 15) is 10.1 Å². The first-order chi connectivity index (χ1) is 15.1. The summed E-state index contributed by atoms with van der Waals surface area (Å²) in [6, 6.07) is 6.15. The molecule has 1 N–H and O–H groups in total. The molecule has 9 heteroatoms. The second kappa shape index (κ2) is 9.77. The molecule has 1 aliphatic carbocycles. The standard InChI is InChI=1S/C22H30N6O2S/c1-17-7-11-27(12-8-17)20-25-26-21(28(20)14-18-6-5-13-30-18)31-15-19(29)24-22(16-23)9-3-2-4-10-22/h5-6,13,17H,2-4,7-12,14-15H2,1H3,(H,24,29). The summed E-state index contributed by atoms with van der Waals surface area (Å²) in [6.45, 7) is 4.71. The van der Waals surface area contributed by atoms with Gasteiger partial charge in [-0.1, -0.05) is 37.9 Å².